The number of benzene rings is 1. The lowest BCUT2D eigenvalue weighted by Crippen LogP contribution is -2.11. The van der Waals surface area contributed by atoms with Gasteiger partial charge in [0.1, 0.15) is 0 Å². The van der Waals surface area contributed by atoms with Gasteiger partial charge in [0.15, 0.2) is 5.82 Å². The Morgan fingerprint density at radius 1 is 1.19 bits per heavy atom. The second-order valence-corrected chi connectivity index (χ2v) is 7.39. The summed E-state index contributed by atoms with van der Waals surface area (Å²) >= 11 is 2.97. The highest BCUT2D eigenvalue weighted by molar-refractivity contribution is 7.98. The van der Waals surface area contributed by atoms with Crippen molar-refractivity contribution in [1.29, 1.82) is 0 Å². The summed E-state index contributed by atoms with van der Waals surface area (Å²) in [5, 5.41) is 14.9. The van der Waals surface area contributed by atoms with E-state index in [0.717, 1.165) is 16.9 Å². The first-order valence-corrected chi connectivity index (χ1v) is 9.90. The van der Waals surface area contributed by atoms with Crippen molar-refractivity contribution in [1.82, 2.24) is 25.0 Å². The molecule has 0 atom stereocenters. The molecule has 4 rings (SSSR count). The molecule has 0 spiro atoms. The third-order valence-electron chi connectivity index (χ3n) is 3.82. The van der Waals surface area contributed by atoms with Gasteiger partial charge in [0.2, 0.25) is 16.9 Å². The molecule has 3 aromatic heterocycles. The van der Waals surface area contributed by atoms with Crippen LogP contribution in [0, 0.1) is 0 Å². The molecule has 0 aliphatic carbocycles. The minimum absolute atomic E-state index is 0.472. The van der Waals surface area contributed by atoms with E-state index < -0.39 is 0 Å². The summed E-state index contributed by atoms with van der Waals surface area (Å²) in [5.74, 6) is 8.31. The summed E-state index contributed by atoms with van der Waals surface area (Å²) in [5.41, 5.74) is 2.21. The monoisotopic (exact) mass is 384 g/mol. The van der Waals surface area contributed by atoms with Crippen LogP contribution in [0.15, 0.2) is 51.5 Å². The number of thiophene rings is 1. The second kappa shape index (κ2) is 7.30. The Morgan fingerprint density at radius 2 is 2.04 bits per heavy atom. The minimum atomic E-state index is 0.472. The van der Waals surface area contributed by atoms with Gasteiger partial charge >= 0.3 is 0 Å². The molecule has 0 bridgehead atoms. The smallest absolute Gasteiger partial charge is 0.237 e. The predicted octanol–water partition coefficient (Wildman–Crippen LogP) is 3.63. The van der Waals surface area contributed by atoms with Gasteiger partial charge in [0, 0.05) is 5.56 Å². The maximum absolute atomic E-state index is 6.09. The average molecular weight is 384 g/mol. The molecule has 132 valence electrons. The van der Waals surface area contributed by atoms with Crippen LogP contribution in [-0.2, 0) is 12.2 Å². The number of aromatic nitrogens is 5. The normalized spacial score (nSPS) is 11.1. The Labute approximate surface area is 158 Å². The lowest BCUT2D eigenvalue weighted by Gasteiger charge is -2.00. The van der Waals surface area contributed by atoms with Gasteiger partial charge in [-0.15, -0.1) is 21.5 Å². The van der Waals surface area contributed by atoms with Gasteiger partial charge in [0.25, 0.3) is 0 Å². The topological polar surface area (TPSA) is 95.7 Å². The van der Waals surface area contributed by atoms with Crippen LogP contribution in [0.1, 0.15) is 18.4 Å². The first-order chi connectivity index (χ1) is 12.7. The van der Waals surface area contributed by atoms with E-state index in [1.807, 2.05) is 29.6 Å². The fourth-order valence-corrected chi connectivity index (χ4v) is 3.80. The minimum Gasteiger partial charge on any atom is -0.338 e. The first kappa shape index (κ1) is 16.8. The lowest BCUT2D eigenvalue weighted by atomic mass is 10.1. The molecular formula is C17H16N6OS2. The number of rotatable bonds is 6. The maximum Gasteiger partial charge on any atom is 0.237 e. The third kappa shape index (κ3) is 3.35. The van der Waals surface area contributed by atoms with Crippen molar-refractivity contribution < 1.29 is 4.52 Å². The van der Waals surface area contributed by atoms with Crippen LogP contribution in [-0.4, -0.2) is 25.0 Å². The van der Waals surface area contributed by atoms with E-state index in [1.54, 1.807) is 11.3 Å². The van der Waals surface area contributed by atoms with Crippen molar-refractivity contribution in [2.45, 2.75) is 24.3 Å². The van der Waals surface area contributed by atoms with Crippen molar-refractivity contribution in [3.8, 4) is 22.1 Å². The number of nitrogen functional groups attached to an aromatic ring is 1. The zero-order valence-electron chi connectivity index (χ0n) is 14.0. The van der Waals surface area contributed by atoms with Gasteiger partial charge in [-0.25, -0.2) is 4.68 Å². The molecule has 0 aliphatic rings. The highest BCUT2D eigenvalue weighted by Crippen LogP contribution is 2.27. The van der Waals surface area contributed by atoms with Crippen molar-refractivity contribution in [3.05, 3.63) is 53.2 Å². The van der Waals surface area contributed by atoms with Crippen LogP contribution in [0.3, 0.4) is 0 Å². The number of aryl methyl sites for hydroxylation is 1. The Kier molecular flexibility index (Phi) is 4.72. The highest BCUT2D eigenvalue weighted by atomic mass is 32.2. The van der Waals surface area contributed by atoms with Gasteiger partial charge in [-0.05, 0) is 23.4 Å². The number of nitrogens with zero attached hydrogens (tertiary/aromatic N) is 5. The van der Waals surface area contributed by atoms with E-state index in [2.05, 4.69) is 39.4 Å². The van der Waals surface area contributed by atoms with Gasteiger partial charge in [-0.2, -0.15) is 4.98 Å². The average Bonchev–Trinajstić information content (AvgIpc) is 3.41. The van der Waals surface area contributed by atoms with E-state index in [-0.39, 0.29) is 0 Å². The highest BCUT2D eigenvalue weighted by Gasteiger charge is 2.15. The van der Waals surface area contributed by atoms with E-state index in [1.165, 1.54) is 22.0 Å². The van der Waals surface area contributed by atoms with Crippen LogP contribution < -0.4 is 5.84 Å². The molecule has 0 fully saturated rings. The molecule has 9 heteroatoms. The van der Waals surface area contributed by atoms with Gasteiger partial charge in [-0.3, -0.25) is 0 Å². The SMILES string of the molecule is CCc1ccc(-c2noc(CSc3nnc(-c4cccs4)n3N)n2)cc1. The van der Waals surface area contributed by atoms with Crippen molar-refractivity contribution in [2.75, 3.05) is 5.84 Å². The molecule has 0 saturated heterocycles. The first-order valence-electron chi connectivity index (χ1n) is 8.03. The summed E-state index contributed by atoms with van der Waals surface area (Å²) in [6, 6.07) is 12.1. The molecule has 1 aromatic carbocycles. The molecule has 0 unspecified atom stereocenters. The summed E-state index contributed by atoms with van der Waals surface area (Å²) in [6.45, 7) is 2.12. The van der Waals surface area contributed by atoms with E-state index in [0.29, 0.717) is 28.4 Å². The maximum atomic E-state index is 6.09. The molecule has 7 nitrogen and oxygen atoms in total. The summed E-state index contributed by atoms with van der Waals surface area (Å²) < 4.78 is 6.82. The quantitative estimate of drug-likeness (QED) is 0.400. The molecule has 0 saturated carbocycles. The molecule has 0 aliphatic heterocycles. The van der Waals surface area contributed by atoms with Crippen LogP contribution in [0.25, 0.3) is 22.1 Å². The van der Waals surface area contributed by atoms with Gasteiger partial charge in [0.05, 0.1) is 10.6 Å². The number of nitrogens with two attached hydrogens (primary N) is 1. The third-order valence-corrected chi connectivity index (χ3v) is 5.61. The van der Waals surface area contributed by atoms with Crippen LogP contribution in [0.2, 0.25) is 0 Å². The standard InChI is InChI=1S/C17H16N6OS2/c1-2-11-5-7-12(8-6-11)15-19-14(24-22-15)10-26-17-21-20-16(23(17)18)13-4-3-9-25-13/h3-9H,2,10,18H2,1H3. The Balaban J connectivity index is 1.45. The predicted molar refractivity (Wildman–Crippen MR) is 102 cm³/mol. The molecule has 2 N–H and O–H groups in total. The second-order valence-electron chi connectivity index (χ2n) is 5.50. The summed E-state index contributed by atoms with van der Waals surface area (Å²) in [4.78, 5) is 5.42. The Morgan fingerprint density at radius 3 is 2.77 bits per heavy atom. The van der Waals surface area contributed by atoms with E-state index >= 15 is 0 Å². The van der Waals surface area contributed by atoms with Crippen molar-refractivity contribution in [3.63, 3.8) is 0 Å². The molecule has 26 heavy (non-hydrogen) atoms. The molecule has 0 amide bonds. The fourth-order valence-electron chi connectivity index (χ4n) is 2.40. The number of hydrogen-bond acceptors (Lipinski definition) is 8. The largest absolute Gasteiger partial charge is 0.338 e. The Bertz CT molecular complexity index is 991. The summed E-state index contributed by atoms with van der Waals surface area (Å²) in [6.07, 6.45) is 1.00. The van der Waals surface area contributed by atoms with Crippen molar-refractivity contribution >= 4 is 23.1 Å². The van der Waals surface area contributed by atoms with Gasteiger partial charge < -0.3 is 10.4 Å². The van der Waals surface area contributed by atoms with Crippen LogP contribution in [0.5, 0.6) is 0 Å². The number of hydrogen-bond donors (Lipinski definition) is 1. The van der Waals surface area contributed by atoms with E-state index in [4.69, 9.17) is 10.4 Å². The molecular weight excluding hydrogens is 368 g/mol. The van der Waals surface area contributed by atoms with Crippen molar-refractivity contribution in [2.24, 2.45) is 0 Å². The zero-order valence-corrected chi connectivity index (χ0v) is 15.6. The van der Waals surface area contributed by atoms with Crippen LogP contribution in [0.4, 0.5) is 0 Å². The van der Waals surface area contributed by atoms with Crippen LogP contribution >= 0.6 is 23.1 Å². The van der Waals surface area contributed by atoms with E-state index in [9.17, 15) is 0 Å². The lowest BCUT2D eigenvalue weighted by molar-refractivity contribution is 0.391. The van der Waals surface area contributed by atoms with Gasteiger partial charge in [-0.1, -0.05) is 54.2 Å². The Hall–Kier alpha value is -2.65. The fraction of sp³-hybridized carbons (Fsp3) is 0.176. The number of thioether (sulfide) groups is 1. The zero-order chi connectivity index (χ0) is 17.9. The molecule has 4 aromatic rings. The molecule has 0 radical (unpaired) electrons. The summed E-state index contributed by atoms with van der Waals surface area (Å²) in [7, 11) is 0. The molecule has 3 heterocycles.